The van der Waals surface area contributed by atoms with Gasteiger partial charge in [0.25, 0.3) is 0 Å². The highest BCUT2D eigenvalue weighted by Crippen LogP contribution is 2.28. The molecule has 0 spiro atoms. The summed E-state index contributed by atoms with van der Waals surface area (Å²) in [5.74, 6) is 0.606. The van der Waals surface area contributed by atoms with Crippen molar-refractivity contribution in [3.8, 4) is 5.75 Å². The molecule has 0 amide bonds. The molecule has 3 heteroatoms. The minimum absolute atomic E-state index is 0.297. The molecule has 2 aromatic rings. The third kappa shape index (κ3) is 3.99. The molecule has 0 fully saturated rings. The summed E-state index contributed by atoms with van der Waals surface area (Å²) in [6.45, 7) is 3.90. The molecule has 1 unspecified atom stereocenters. The van der Waals surface area contributed by atoms with E-state index in [9.17, 15) is 5.11 Å². The van der Waals surface area contributed by atoms with Gasteiger partial charge in [0.2, 0.25) is 0 Å². The van der Waals surface area contributed by atoms with Crippen LogP contribution in [0.1, 0.15) is 24.0 Å². The third-order valence-corrected chi connectivity index (χ3v) is 3.72. The molecule has 0 saturated heterocycles. The second kappa shape index (κ2) is 7.32. The Bertz CT molecular complexity index is 556. The van der Waals surface area contributed by atoms with Crippen LogP contribution in [0.4, 0.5) is 0 Å². The van der Waals surface area contributed by atoms with E-state index >= 15 is 0 Å². The molecular weight excluding hydrogens is 270 g/mol. The topological polar surface area (TPSA) is 32.3 Å². The van der Waals surface area contributed by atoms with Crippen LogP contribution in [0.15, 0.2) is 48.5 Å². The Kier molecular flexibility index (Phi) is 5.45. The lowest BCUT2D eigenvalue weighted by Gasteiger charge is -2.19. The van der Waals surface area contributed by atoms with E-state index in [0.29, 0.717) is 11.7 Å². The minimum Gasteiger partial charge on any atom is -0.508 e. The zero-order valence-corrected chi connectivity index (χ0v) is 12.4. The largest absolute Gasteiger partial charge is 0.508 e. The van der Waals surface area contributed by atoms with Crippen molar-refractivity contribution in [1.82, 2.24) is 5.32 Å². The zero-order chi connectivity index (χ0) is 14.4. The number of benzene rings is 2. The molecular formula is C17H20ClNO. The highest BCUT2D eigenvalue weighted by Gasteiger charge is 2.15. The SMILES string of the molecule is CCNCC(Cc1cccc(O)c1)c1ccccc1Cl. The number of rotatable bonds is 6. The Balaban J connectivity index is 2.22. The van der Waals surface area contributed by atoms with Crippen molar-refractivity contribution in [2.45, 2.75) is 19.3 Å². The van der Waals surface area contributed by atoms with E-state index in [1.54, 1.807) is 6.07 Å². The molecule has 0 radical (unpaired) electrons. The first-order chi connectivity index (χ1) is 9.70. The van der Waals surface area contributed by atoms with E-state index < -0.39 is 0 Å². The number of aromatic hydroxyl groups is 1. The maximum atomic E-state index is 9.59. The summed E-state index contributed by atoms with van der Waals surface area (Å²) in [7, 11) is 0. The van der Waals surface area contributed by atoms with Gasteiger partial charge in [0, 0.05) is 17.5 Å². The van der Waals surface area contributed by atoms with Gasteiger partial charge in [0.1, 0.15) is 5.75 Å². The molecule has 1 atom stereocenters. The number of phenols is 1. The molecule has 0 aliphatic rings. The van der Waals surface area contributed by atoms with Crippen LogP contribution in [0.2, 0.25) is 5.02 Å². The molecule has 0 saturated carbocycles. The Hall–Kier alpha value is -1.51. The van der Waals surface area contributed by atoms with E-state index in [4.69, 9.17) is 11.6 Å². The lowest BCUT2D eigenvalue weighted by molar-refractivity contribution is 0.474. The molecule has 2 nitrogen and oxygen atoms in total. The van der Waals surface area contributed by atoms with Crippen molar-refractivity contribution in [3.05, 3.63) is 64.7 Å². The van der Waals surface area contributed by atoms with Crippen LogP contribution in [-0.4, -0.2) is 18.2 Å². The number of nitrogens with one attached hydrogen (secondary N) is 1. The lowest BCUT2D eigenvalue weighted by Crippen LogP contribution is -2.22. The van der Waals surface area contributed by atoms with Gasteiger partial charge in [-0.15, -0.1) is 0 Å². The average Bonchev–Trinajstić information content (AvgIpc) is 2.44. The van der Waals surface area contributed by atoms with Gasteiger partial charge in [0.05, 0.1) is 0 Å². The van der Waals surface area contributed by atoms with Gasteiger partial charge in [-0.05, 0) is 42.3 Å². The van der Waals surface area contributed by atoms with Gasteiger partial charge < -0.3 is 10.4 Å². The Morgan fingerprint density at radius 3 is 2.65 bits per heavy atom. The maximum Gasteiger partial charge on any atom is 0.115 e. The highest BCUT2D eigenvalue weighted by atomic mass is 35.5. The van der Waals surface area contributed by atoms with Crippen molar-refractivity contribution < 1.29 is 5.11 Å². The van der Waals surface area contributed by atoms with Crippen LogP contribution in [0.25, 0.3) is 0 Å². The number of likely N-dealkylation sites (N-methyl/N-ethyl adjacent to an activating group) is 1. The Morgan fingerprint density at radius 2 is 1.95 bits per heavy atom. The fourth-order valence-electron chi connectivity index (χ4n) is 2.38. The van der Waals surface area contributed by atoms with Crippen LogP contribution < -0.4 is 5.32 Å². The second-order valence-corrected chi connectivity index (χ2v) is 5.31. The van der Waals surface area contributed by atoms with E-state index in [2.05, 4.69) is 18.3 Å². The van der Waals surface area contributed by atoms with E-state index in [1.807, 2.05) is 36.4 Å². The van der Waals surface area contributed by atoms with Crippen molar-refractivity contribution in [2.75, 3.05) is 13.1 Å². The van der Waals surface area contributed by atoms with Crippen molar-refractivity contribution in [2.24, 2.45) is 0 Å². The molecule has 2 aromatic carbocycles. The number of phenolic OH excluding ortho intramolecular Hbond substituents is 1. The normalized spacial score (nSPS) is 12.3. The van der Waals surface area contributed by atoms with E-state index in [1.165, 1.54) is 0 Å². The molecule has 2 N–H and O–H groups in total. The van der Waals surface area contributed by atoms with E-state index in [-0.39, 0.29) is 0 Å². The van der Waals surface area contributed by atoms with Gasteiger partial charge in [-0.1, -0.05) is 48.9 Å². The lowest BCUT2D eigenvalue weighted by atomic mass is 9.91. The Morgan fingerprint density at radius 1 is 1.15 bits per heavy atom. The number of halogens is 1. The quantitative estimate of drug-likeness (QED) is 0.843. The molecule has 0 aliphatic carbocycles. The summed E-state index contributed by atoms with van der Waals surface area (Å²) in [6.07, 6.45) is 0.852. The van der Waals surface area contributed by atoms with Gasteiger partial charge in [-0.25, -0.2) is 0 Å². The zero-order valence-electron chi connectivity index (χ0n) is 11.6. The average molecular weight is 290 g/mol. The fraction of sp³-hybridized carbons (Fsp3) is 0.294. The van der Waals surface area contributed by atoms with Crippen LogP contribution in [-0.2, 0) is 6.42 Å². The summed E-state index contributed by atoms with van der Waals surface area (Å²) in [5, 5.41) is 13.8. The second-order valence-electron chi connectivity index (χ2n) is 4.90. The molecule has 0 aromatic heterocycles. The van der Waals surface area contributed by atoms with Crippen LogP contribution in [0, 0.1) is 0 Å². The molecule has 2 rings (SSSR count). The first kappa shape index (κ1) is 14.9. The predicted octanol–water partition coefficient (Wildman–Crippen LogP) is 3.98. The van der Waals surface area contributed by atoms with Gasteiger partial charge in [0.15, 0.2) is 0 Å². The molecule has 106 valence electrons. The summed E-state index contributed by atoms with van der Waals surface area (Å²) in [5.41, 5.74) is 2.27. The standard InChI is InChI=1S/C17H20ClNO/c1-2-19-12-14(16-8-3-4-9-17(16)18)10-13-6-5-7-15(20)11-13/h3-9,11,14,19-20H,2,10,12H2,1H3. The summed E-state index contributed by atoms with van der Waals surface area (Å²) in [4.78, 5) is 0. The fourth-order valence-corrected chi connectivity index (χ4v) is 2.67. The minimum atomic E-state index is 0.297. The number of hydrogen-bond acceptors (Lipinski definition) is 2. The van der Waals surface area contributed by atoms with Crippen LogP contribution in [0.3, 0.4) is 0 Å². The molecule has 0 heterocycles. The first-order valence-corrected chi connectivity index (χ1v) is 7.31. The predicted molar refractivity (Wildman–Crippen MR) is 84.5 cm³/mol. The Labute approximate surface area is 125 Å². The molecule has 0 bridgehead atoms. The maximum absolute atomic E-state index is 9.59. The van der Waals surface area contributed by atoms with Crippen molar-refractivity contribution >= 4 is 11.6 Å². The van der Waals surface area contributed by atoms with Gasteiger partial charge >= 0.3 is 0 Å². The van der Waals surface area contributed by atoms with E-state index in [0.717, 1.165) is 35.7 Å². The summed E-state index contributed by atoms with van der Waals surface area (Å²) in [6, 6.07) is 15.4. The summed E-state index contributed by atoms with van der Waals surface area (Å²) >= 11 is 6.32. The highest BCUT2D eigenvalue weighted by molar-refractivity contribution is 6.31. The number of hydrogen-bond donors (Lipinski definition) is 2. The molecule has 0 aliphatic heterocycles. The van der Waals surface area contributed by atoms with Crippen LogP contribution >= 0.6 is 11.6 Å². The molecule has 20 heavy (non-hydrogen) atoms. The summed E-state index contributed by atoms with van der Waals surface area (Å²) < 4.78 is 0. The van der Waals surface area contributed by atoms with Crippen molar-refractivity contribution in [1.29, 1.82) is 0 Å². The van der Waals surface area contributed by atoms with Gasteiger partial charge in [-0.3, -0.25) is 0 Å². The first-order valence-electron chi connectivity index (χ1n) is 6.93. The van der Waals surface area contributed by atoms with Gasteiger partial charge in [-0.2, -0.15) is 0 Å². The third-order valence-electron chi connectivity index (χ3n) is 3.38. The smallest absolute Gasteiger partial charge is 0.115 e. The van der Waals surface area contributed by atoms with Crippen molar-refractivity contribution in [3.63, 3.8) is 0 Å². The monoisotopic (exact) mass is 289 g/mol. The van der Waals surface area contributed by atoms with Crippen LogP contribution in [0.5, 0.6) is 5.75 Å².